The highest BCUT2D eigenvalue weighted by Gasteiger charge is 2.02. The second-order valence-electron chi connectivity index (χ2n) is 8.21. The van der Waals surface area contributed by atoms with E-state index in [2.05, 4.69) is 13.8 Å². The van der Waals surface area contributed by atoms with Crippen LogP contribution in [0.1, 0.15) is 90.9 Å². The summed E-state index contributed by atoms with van der Waals surface area (Å²) in [6.45, 7) is 10.4. The molecule has 0 saturated carbocycles. The SMILES string of the molecule is CCCCCCCCOCCOCCOCCOCCOCCOC(=O)CCCCCCC. The fourth-order valence-corrected chi connectivity index (χ4v) is 3.13. The van der Waals surface area contributed by atoms with Crippen molar-refractivity contribution < 1.29 is 33.2 Å². The van der Waals surface area contributed by atoms with Gasteiger partial charge in [-0.05, 0) is 12.8 Å². The molecule has 0 heterocycles. The van der Waals surface area contributed by atoms with Gasteiger partial charge in [0.1, 0.15) is 6.61 Å². The summed E-state index contributed by atoms with van der Waals surface area (Å²) in [4.78, 5) is 11.6. The summed E-state index contributed by atoms with van der Waals surface area (Å²) in [6.07, 6.45) is 13.9. The average Bonchev–Trinajstić information content (AvgIpc) is 2.82. The molecule has 7 heteroatoms. The Balaban J connectivity index is 3.08. The van der Waals surface area contributed by atoms with E-state index in [1.807, 2.05) is 0 Å². The van der Waals surface area contributed by atoms with Gasteiger partial charge in [0.25, 0.3) is 0 Å². The van der Waals surface area contributed by atoms with Gasteiger partial charge in [-0.15, -0.1) is 0 Å². The first-order valence-corrected chi connectivity index (χ1v) is 13.4. The molecule has 0 radical (unpaired) electrons. The molecule has 0 aromatic heterocycles. The third-order valence-corrected chi connectivity index (χ3v) is 5.11. The zero-order valence-electron chi connectivity index (χ0n) is 21.6. The molecular weight excluding hydrogens is 424 g/mol. The molecular formula is C26H52O7. The van der Waals surface area contributed by atoms with Gasteiger partial charge in [-0.1, -0.05) is 71.6 Å². The summed E-state index contributed by atoms with van der Waals surface area (Å²) < 4.78 is 32.5. The number of ether oxygens (including phenoxy) is 6. The lowest BCUT2D eigenvalue weighted by atomic mass is 10.1. The zero-order valence-corrected chi connectivity index (χ0v) is 21.6. The maximum Gasteiger partial charge on any atom is 0.305 e. The van der Waals surface area contributed by atoms with E-state index in [-0.39, 0.29) is 5.97 Å². The van der Waals surface area contributed by atoms with Gasteiger partial charge in [0, 0.05) is 13.0 Å². The minimum absolute atomic E-state index is 0.131. The molecule has 0 aliphatic heterocycles. The maximum atomic E-state index is 11.6. The number of esters is 1. The van der Waals surface area contributed by atoms with Gasteiger partial charge in [0.2, 0.25) is 0 Å². The monoisotopic (exact) mass is 476 g/mol. The Hall–Kier alpha value is -0.730. The van der Waals surface area contributed by atoms with Gasteiger partial charge in [-0.25, -0.2) is 0 Å². The van der Waals surface area contributed by atoms with Crippen molar-refractivity contribution in [2.75, 3.05) is 72.7 Å². The van der Waals surface area contributed by atoms with E-state index in [1.54, 1.807) is 0 Å². The zero-order chi connectivity index (χ0) is 24.1. The molecule has 0 saturated heterocycles. The summed E-state index contributed by atoms with van der Waals surface area (Å²) in [5.74, 6) is -0.131. The van der Waals surface area contributed by atoms with Crippen LogP contribution in [0.25, 0.3) is 0 Å². The Kier molecular flexibility index (Phi) is 28.7. The fraction of sp³-hybridized carbons (Fsp3) is 0.962. The van der Waals surface area contributed by atoms with Crippen LogP contribution in [0.15, 0.2) is 0 Å². The number of hydrogen-bond acceptors (Lipinski definition) is 7. The summed E-state index contributed by atoms with van der Waals surface area (Å²) in [5, 5.41) is 0. The van der Waals surface area contributed by atoms with Crippen molar-refractivity contribution in [3.8, 4) is 0 Å². The van der Waals surface area contributed by atoms with E-state index in [0.29, 0.717) is 72.5 Å². The lowest BCUT2D eigenvalue weighted by Gasteiger charge is -2.08. The predicted octanol–water partition coefficient (Wildman–Crippen LogP) is 5.33. The smallest absolute Gasteiger partial charge is 0.305 e. The van der Waals surface area contributed by atoms with Crippen LogP contribution < -0.4 is 0 Å². The van der Waals surface area contributed by atoms with Gasteiger partial charge in [-0.2, -0.15) is 0 Å². The minimum atomic E-state index is -0.131. The highest BCUT2D eigenvalue weighted by molar-refractivity contribution is 5.69. The van der Waals surface area contributed by atoms with Gasteiger partial charge in [-0.3, -0.25) is 4.79 Å². The minimum Gasteiger partial charge on any atom is -0.463 e. The Morgan fingerprint density at radius 2 is 0.788 bits per heavy atom. The quantitative estimate of drug-likeness (QED) is 0.112. The second kappa shape index (κ2) is 29.3. The lowest BCUT2D eigenvalue weighted by molar-refractivity contribution is -0.145. The van der Waals surface area contributed by atoms with Crippen molar-refractivity contribution in [3.05, 3.63) is 0 Å². The van der Waals surface area contributed by atoms with Gasteiger partial charge >= 0.3 is 5.97 Å². The second-order valence-corrected chi connectivity index (χ2v) is 8.21. The molecule has 0 aromatic carbocycles. The van der Waals surface area contributed by atoms with Crippen LogP contribution in [0.5, 0.6) is 0 Å². The fourth-order valence-electron chi connectivity index (χ4n) is 3.13. The first-order chi connectivity index (χ1) is 16.3. The maximum absolute atomic E-state index is 11.6. The van der Waals surface area contributed by atoms with Gasteiger partial charge in [0.05, 0.1) is 59.5 Å². The molecule has 0 fully saturated rings. The first kappa shape index (κ1) is 32.3. The van der Waals surface area contributed by atoms with Crippen LogP contribution >= 0.6 is 0 Å². The molecule has 0 rings (SSSR count). The molecule has 0 aromatic rings. The van der Waals surface area contributed by atoms with Crippen molar-refractivity contribution in [2.24, 2.45) is 0 Å². The number of hydrogen-bond donors (Lipinski definition) is 0. The predicted molar refractivity (Wildman–Crippen MR) is 132 cm³/mol. The van der Waals surface area contributed by atoms with Crippen molar-refractivity contribution >= 4 is 5.97 Å². The molecule has 7 nitrogen and oxygen atoms in total. The van der Waals surface area contributed by atoms with E-state index < -0.39 is 0 Å². The van der Waals surface area contributed by atoms with E-state index in [9.17, 15) is 4.79 Å². The summed E-state index contributed by atoms with van der Waals surface area (Å²) >= 11 is 0. The molecule has 0 unspecified atom stereocenters. The molecule has 0 spiro atoms. The van der Waals surface area contributed by atoms with Crippen molar-refractivity contribution in [1.29, 1.82) is 0 Å². The van der Waals surface area contributed by atoms with E-state index in [4.69, 9.17) is 28.4 Å². The number of carbonyl (C=O) groups is 1. The Morgan fingerprint density at radius 3 is 1.27 bits per heavy atom. The molecule has 0 bridgehead atoms. The van der Waals surface area contributed by atoms with E-state index >= 15 is 0 Å². The molecule has 0 atom stereocenters. The van der Waals surface area contributed by atoms with Crippen molar-refractivity contribution in [1.82, 2.24) is 0 Å². The molecule has 0 amide bonds. The number of rotatable bonds is 28. The molecule has 33 heavy (non-hydrogen) atoms. The van der Waals surface area contributed by atoms with Gasteiger partial charge in [0.15, 0.2) is 0 Å². The number of carbonyl (C=O) groups excluding carboxylic acids is 1. The average molecular weight is 477 g/mol. The lowest BCUT2D eigenvalue weighted by Crippen LogP contribution is -2.15. The summed E-state index contributed by atoms with van der Waals surface area (Å²) in [7, 11) is 0. The first-order valence-electron chi connectivity index (χ1n) is 13.4. The third-order valence-electron chi connectivity index (χ3n) is 5.11. The van der Waals surface area contributed by atoms with Crippen LogP contribution in [0.2, 0.25) is 0 Å². The standard InChI is InChI=1S/C26H52O7/c1-3-5-7-9-11-13-15-28-16-17-29-18-19-30-20-21-31-22-23-32-24-25-33-26(27)14-12-10-8-6-4-2/h3-25H2,1-2H3. The largest absolute Gasteiger partial charge is 0.463 e. The Morgan fingerprint density at radius 1 is 0.424 bits per heavy atom. The Labute approximate surface area is 203 Å². The highest BCUT2D eigenvalue weighted by atomic mass is 16.6. The molecule has 0 N–H and O–H groups in total. The topological polar surface area (TPSA) is 72.5 Å². The summed E-state index contributed by atoms with van der Waals surface area (Å²) in [6, 6.07) is 0. The third kappa shape index (κ3) is 29.2. The Bertz CT molecular complexity index is 380. The van der Waals surface area contributed by atoms with Crippen LogP contribution in [0.3, 0.4) is 0 Å². The number of unbranched alkanes of at least 4 members (excludes halogenated alkanes) is 9. The van der Waals surface area contributed by atoms with Crippen LogP contribution in [0.4, 0.5) is 0 Å². The van der Waals surface area contributed by atoms with Gasteiger partial charge < -0.3 is 28.4 Å². The van der Waals surface area contributed by atoms with Crippen LogP contribution in [0, 0.1) is 0 Å². The summed E-state index contributed by atoms with van der Waals surface area (Å²) in [5.41, 5.74) is 0. The molecule has 0 aliphatic rings. The van der Waals surface area contributed by atoms with Crippen LogP contribution in [-0.2, 0) is 33.2 Å². The highest BCUT2D eigenvalue weighted by Crippen LogP contribution is 2.06. The van der Waals surface area contributed by atoms with Crippen LogP contribution in [-0.4, -0.2) is 78.6 Å². The van der Waals surface area contributed by atoms with Crippen molar-refractivity contribution in [3.63, 3.8) is 0 Å². The van der Waals surface area contributed by atoms with E-state index in [0.717, 1.165) is 25.9 Å². The molecule has 198 valence electrons. The molecule has 0 aliphatic carbocycles. The van der Waals surface area contributed by atoms with E-state index in [1.165, 1.54) is 51.4 Å². The normalized spacial score (nSPS) is 11.2. The van der Waals surface area contributed by atoms with Crippen molar-refractivity contribution in [2.45, 2.75) is 90.9 Å².